The lowest BCUT2D eigenvalue weighted by Gasteiger charge is -2.38. The Morgan fingerprint density at radius 3 is 2.40 bits per heavy atom. The molecule has 0 spiro atoms. The van der Waals surface area contributed by atoms with Crippen molar-refractivity contribution in [2.45, 2.75) is 57.9 Å². The number of nitrogens with one attached hydrogen (secondary N) is 1. The first-order chi connectivity index (χ1) is 7.14. The van der Waals surface area contributed by atoms with Crippen molar-refractivity contribution in [1.82, 2.24) is 5.32 Å². The molecule has 0 heterocycles. The lowest BCUT2D eigenvalue weighted by atomic mass is 9.74. The highest BCUT2D eigenvalue weighted by Gasteiger charge is 2.39. The number of carbonyl (C=O) groups is 1. The largest absolute Gasteiger partial charge is 0.368 e. The first kappa shape index (κ1) is 12.5. The van der Waals surface area contributed by atoms with E-state index in [1.165, 1.54) is 12.8 Å². The van der Waals surface area contributed by atoms with E-state index in [1.54, 1.807) is 0 Å². The van der Waals surface area contributed by atoms with Gasteiger partial charge in [-0.3, -0.25) is 4.79 Å². The van der Waals surface area contributed by atoms with Gasteiger partial charge in [0.15, 0.2) is 0 Å². The maximum atomic E-state index is 11.5. The highest BCUT2D eigenvalue weighted by Crippen LogP contribution is 2.34. The molecule has 0 bridgehead atoms. The van der Waals surface area contributed by atoms with E-state index in [-0.39, 0.29) is 5.91 Å². The maximum Gasteiger partial charge on any atom is 0.237 e. The van der Waals surface area contributed by atoms with Crippen molar-refractivity contribution in [3.63, 3.8) is 0 Å². The van der Waals surface area contributed by atoms with Crippen molar-refractivity contribution >= 4 is 5.91 Å². The van der Waals surface area contributed by atoms with Gasteiger partial charge in [0, 0.05) is 0 Å². The number of amides is 1. The van der Waals surface area contributed by atoms with Gasteiger partial charge >= 0.3 is 0 Å². The molecule has 1 aliphatic carbocycles. The molecule has 0 radical (unpaired) electrons. The molecule has 15 heavy (non-hydrogen) atoms. The Hall–Kier alpha value is -0.570. The van der Waals surface area contributed by atoms with Crippen molar-refractivity contribution in [3.8, 4) is 0 Å². The van der Waals surface area contributed by atoms with Gasteiger partial charge in [0.2, 0.25) is 5.91 Å². The van der Waals surface area contributed by atoms with Crippen LogP contribution in [0.15, 0.2) is 0 Å². The van der Waals surface area contributed by atoms with Crippen LogP contribution in [0, 0.1) is 5.92 Å². The van der Waals surface area contributed by atoms with Gasteiger partial charge in [0.05, 0.1) is 5.54 Å². The molecule has 0 aromatic carbocycles. The lowest BCUT2D eigenvalue weighted by molar-refractivity contribution is -0.126. The molecule has 1 fully saturated rings. The third-order valence-electron chi connectivity index (χ3n) is 3.64. The SMILES string of the molecule is CCCC1CCC(NCC)(C(N)=O)CC1. The van der Waals surface area contributed by atoms with Crippen molar-refractivity contribution in [1.29, 1.82) is 0 Å². The van der Waals surface area contributed by atoms with Crippen LogP contribution in [0.4, 0.5) is 0 Å². The summed E-state index contributed by atoms with van der Waals surface area (Å²) >= 11 is 0. The molecule has 1 aliphatic rings. The topological polar surface area (TPSA) is 55.1 Å². The van der Waals surface area contributed by atoms with E-state index in [1.807, 2.05) is 6.92 Å². The molecule has 0 atom stereocenters. The van der Waals surface area contributed by atoms with Gasteiger partial charge < -0.3 is 11.1 Å². The zero-order chi connectivity index (χ0) is 11.3. The van der Waals surface area contributed by atoms with Gasteiger partial charge in [-0.25, -0.2) is 0 Å². The second kappa shape index (κ2) is 5.50. The van der Waals surface area contributed by atoms with Crippen molar-refractivity contribution in [3.05, 3.63) is 0 Å². The molecule has 3 heteroatoms. The molecular formula is C12H24N2O. The quantitative estimate of drug-likeness (QED) is 0.730. The molecule has 3 N–H and O–H groups in total. The molecule has 1 rings (SSSR count). The van der Waals surface area contributed by atoms with Crippen LogP contribution in [0.1, 0.15) is 52.4 Å². The fourth-order valence-electron chi connectivity index (χ4n) is 2.72. The first-order valence-corrected chi connectivity index (χ1v) is 6.19. The van der Waals surface area contributed by atoms with Crippen LogP contribution >= 0.6 is 0 Å². The molecule has 3 nitrogen and oxygen atoms in total. The summed E-state index contributed by atoms with van der Waals surface area (Å²) in [6.45, 7) is 5.07. The zero-order valence-electron chi connectivity index (χ0n) is 10.0. The second-order valence-corrected chi connectivity index (χ2v) is 4.71. The van der Waals surface area contributed by atoms with E-state index in [9.17, 15) is 4.79 Å². The van der Waals surface area contributed by atoms with Gasteiger partial charge in [-0.05, 0) is 38.1 Å². The Labute approximate surface area is 92.8 Å². The second-order valence-electron chi connectivity index (χ2n) is 4.71. The number of likely N-dealkylation sites (N-methyl/N-ethyl adjacent to an activating group) is 1. The van der Waals surface area contributed by atoms with E-state index in [0.717, 1.165) is 38.1 Å². The van der Waals surface area contributed by atoms with Crippen LogP contribution in [-0.2, 0) is 4.79 Å². The van der Waals surface area contributed by atoms with E-state index in [4.69, 9.17) is 5.73 Å². The van der Waals surface area contributed by atoms with E-state index < -0.39 is 5.54 Å². The Balaban J connectivity index is 2.53. The van der Waals surface area contributed by atoms with Crippen LogP contribution < -0.4 is 11.1 Å². The summed E-state index contributed by atoms with van der Waals surface area (Å²) in [5, 5.41) is 3.29. The molecule has 0 saturated heterocycles. The van der Waals surface area contributed by atoms with Crippen molar-refractivity contribution in [2.24, 2.45) is 11.7 Å². The highest BCUT2D eigenvalue weighted by atomic mass is 16.1. The summed E-state index contributed by atoms with van der Waals surface area (Å²) in [7, 11) is 0. The fraction of sp³-hybridized carbons (Fsp3) is 0.917. The third kappa shape index (κ3) is 2.94. The Kier molecular flexibility index (Phi) is 4.58. The van der Waals surface area contributed by atoms with E-state index in [0.29, 0.717) is 0 Å². The van der Waals surface area contributed by atoms with Crippen LogP contribution in [0.3, 0.4) is 0 Å². The van der Waals surface area contributed by atoms with E-state index >= 15 is 0 Å². The van der Waals surface area contributed by atoms with Gasteiger partial charge in [0.25, 0.3) is 0 Å². The average Bonchev–Trinajstić information content (AvgIpc) is 2.21. The first-order valence-electron chi connectivity index (χ1n) is 6.19. The summed E-state index contributed by atoms with van der Waals surface area (Å²) < 4.78 is 0. The number of primary amides is 1. The van der Waals surface area contributed by atoms with E-state index in [2.05, 4.69) is 12.2 Å². The van der Waals surface area contributed by atoms with Gasteiger partial charge in [-0.2, -0.15) is 0 Å². The molecule has 0 aromatic heterocycles. The van der Waals surface area contributed by atoms with Crippen LogP contribution in [0.2, 0.25) is 0 Å². The average molecular weight is 212 g/mol. The monoisotopic (exact) mass is 212 g/mol. The predicted molar refractivity (Wildman–Crippen MR) is 62.5 cm³/mol. The summed E-state index contributed by atoms with van der Waals surface area (Å²) in [6.07, 6.45) is 6.66. The molecule has 0 aromatic rings. The molecule has 88 valence electrons. The van der Waals surface area contributed by atoms with Crippen molar-refractivity contribution in [2.75, 3.05) is 6.54 Å². The molecular weight excluding hydrogens is 188 g/mol. The Morgan fingerprint density at radius 1 is 1.40 bits per heavy atom. The molecule has 1 amide bonds. The smallest absolute Gasteiger partial charge is 0.237 e. The minimum absolute atomic E-state index is 0.167. The fourth-order valence-corrected chi connectivity index (χ4v) is 2.72. The van der Waals surface area contributed by atoms with Crippen molar-refractivity contribution < 1.29 is 4.79 Å². The standard InChI is InChI=1S/C12H24N2O/c1-3-5-10-6-8-12(9-7-10,11(13)15)14-4-2/h10,14H,3-9H2,1-2H3,(H2,13,15). The summed E-state index contributed by atoms with van der Waals surface area (Å²) in [5.41, 5.74) is 5.10. The Morgan fingerprint density at radius 2 is 2.00 bits per heavy atom. The number of rotatable bonds is 5. The number of hydrogen-bond acceptors (Lipinski definition) is 2. The molecule has 1 saturated carbocycles. The summed E-state index contributed by atoms with van der Waals surface area (Å²) in [6, 6.07) is 0. The van der Waals surface area contributed by atoms with Crippen LogP contribution in [0.25, 0.3) is 0 Å². The van der Waals surface area contributed by atoms with Crippen LogP contribution in [0.5, 0.6) is 0 Å². The van der Waals surface area contributed by atoms with Gasteiger partial charge in [0.1, 0.15) is 0 Å². The number of carbonyl (C=O) groups excluding carboxylic acids is 1. The minimum Gasteiger partial charge on any atom is -0.368 e. The maximum absolute atomic E-state index is 11.5. The number of nitrogens with two attached hydrogens (primary N) is 1. The molecule has 0 aliphatic heterocycles. The third-order valence-corrected chi connectivity index (χ3v) is 3.64. The van der Waals surface area contributed by atoms with Gasteiger partial charge in [-0.1, -0.05) is 26.7 Å². The minimum atomic E-state index is -0.404. The number of hydrogen-bond donors (Lipinski definition) is 2. The summed E-state index contributed by atoms with van der Waals surface area (Å²) in [4.78, 5) is 11.5. The normalized spacial score (nSPS) is 31.5. The Bertz CT molecular complexity index is 208. The summed E-state index contributed by atoms with van der Waals surface area (Å²) in [5.74, 6) is 0.639. The molecule has 0 unspecified atom stereocenters. The predicted octanol–water partition coefficient (Wildman–Crippen LogP) is 1.81. The van der Waals surface area contributed by atoms with Crippen LogP contribution in [-0.4, -0.2) is 18.0 Å². The highest BCUT2D eigenvalue weighted by molar-refractivity contribution is 5.84. The zero-order valence-corrected chi connectivity index (χ0v) is 10.0. The lowest BCUT2D eigenvalue weighted by Crippen LogP contribution is -2.57. The van der Waals surface area contributed by atoms with Gasteiger partial charge in [-0.15, -0.1) is 0 Å².